The highest BCUT2D eigenvalue weighted by Crippen LogP contribution is 2.45. The van der Waals surface area contributed by atoms with Crippen LogP contribution < -0.4 is 10.1 Å². The van der Waals surface area contributed by atoms with Crippen molar-refractivity contribution >= 4 is 5.69 Å². The summed E-state index contributed by atoms with van der Waals surface area (Å²) in [5.74, 6) is 3.32. The summed E-state index contributed by atoms with van der Waals surface area (Å²) >= 11 is 0. The maximum atomic E-state index is 5.45. The Hall–Kier alpha value is -1.44. The Morgan fingerprint density at radius 3 is 2.74 bits per heavy atom. The fourth-order valence-electron chi connectivity index (χ4n) is 3.69. The molecule has 4 unspecified atom stereocenters. The third kappa shape index (κ3) is 2.36. The average molecular weight is 257 g/mol. The normalized spacial score (nSPS) is 29.5. The van der Waals surface area contributed by atoms with Crippen molar-refractivity contribution < 1.29 is 4.74 Å². The molecule has 0 aromatic heterocycles. The van der Waals surface area contributed by atoms with E-state index in [4.69, 9.17) is 4.74 Å². The number of aryl methyl sites for hydroxylation is 1. The van der Waals surface area contributed by atoms with Gasteiger partial charge >= 0.3 is 0 Å². The van der Waals surface area contributed by atoms with E-state index in [1.807, 2.05) is 6.07 Å². The van der Waals surface area contributed by atoms with Gasteiger partial charge in [-0.1, -0.05) is 18.2 Å². The summed E-state index contributed by atoms with van der Waals surface area (Å²) in [4.78, 5) is 0. The lowest BCUT2D eigenvalue weighted by molar-refractivity contribution is 0.393. The fourth-order valence-corrected chi connectivity index (χ4v) is 3.69. The monoisotopic (exact) mass is 257 g/mol. The van der Waals surface area contributed by atoms with Gasteiger partial charge in [-0.15, -0.1) is 0 Å². The Morgan fingerprint density at radius 2 is 2.11 bits per heavy atom. The molecule has 2 aliphatic carbocycles. The minimum atomic E-state index is 0.496. The molecule has 19 heavy (non-hydrogen) atoms. The van der Waals surface area contributed by atoms with Crippen LogP contribution in [0, 0.1) is 24.7 Å². The van der Waals surface area contributed by atoms with Crippen molar-refractivity contribution in [2.45, 2.75) is 32.7 Å². The van der Waals surface area contributed by atoms with E-state index in [1.165, 1.54) is 18.4 Å². The number of hydrogen-bond acceptors (Lipinski definition) is 2. The third-order valence-corrected chi connectivity index (χ3v) is 4.71. The SMILES string of the molecule is COc1ccc(C)cc1NC(C)C1CC2C=CC1C2. The predicted octanol–water partition coefficient (Wildman–Crippen LogP) is 4.02. The van der Waals surface area contributed by atoms with E-state index >= 15 is 0 Å². The minimum Gasteiger partial charge on any atom is -0.495 e. The molecule has 0 heterocycles. The molecule has 1 saturated carbocycles. The molecule has 4 atom stereocenters. The van der Waals surface area contributed by atoms with E-state index in [9.17, 15) is 0 Å². The summed E-state index contributed by atoms with van der Waals surface area (Å²) < 4.78 is 5.45. The van der Waals surface area contributed by atoms with E-state index in [0.29, 0.717) is 6.04 Å². The van der Waals surface area contributed by atoms with Gasteiger partial charge in [-0.2, -0.15) is 0 Å². The van der Waals surface area contributed by atoms with E-state index in [2.05, 4.69) is 43.4 Å². The van der Waals surface area contributed by atoms with Gasteiger partial charge in [0.25, 0.3) is 0 Å². The van der Waals surface area contributed by atoms with Gasteiger partial charge < -0.3 is 10.1 Å². The number of anilines is 1. The molecule has 1 fully saturated rings. The molecule has 2 aliphatic rings. The fraction of sp³-hybridized carbons (Fsp3) is 0.529. The van der Waals surface area contributed by atoms with Gasteiger partial charge in [0.1, 0.15) is 5.75 Å². The second kappa shape index (κ2) is 4.92. The molecular weight excluding hydrogens is 234 g/mol. The van der Waals surface area contributed by atoms with Crippen LogP contribution >= 0.6 is 0 Å². The highest BCUT2D eigenvalue weighted by Gasteiger charge is 2.38. The first-order valence-corrected chi connectivity index (χ1v) is 7.27. The molecule has 2 heteroatoms. The highest BCUT2D eigenvalue weighted by molar-refractivity contribution is 5.58. The van der Waals surface area contributed by atoms with Crippen LogP contribution in [0.2, 0.25) is 0 Å². The van der Waals surface area contributed by atoms with Crippen molar-refractivity contribution in [3.05, 3.63) is 35.9 Å². The van der Waals surface area contributed by atoms with Gasteiger partial charge in [-0.05, 0) is 62.1 Å². The second-order valence-corrected chi connectivity index (χ2v) is 6.08. The Kier molecular flexibility index (Phi) is 3.26. The molecule has 2 nitrogen and oxygen atoms in total. The van der Waals surface area contributed by atoms with Crippen LogP contribution in [0.1, 0.15) is 25.3 Å². The van der Waals surface area contributed by atoms with E-state index < -0.39 is 0 Å². The third-order valence-electron chi connectivity index (χ3n) is 4.71. The Labute approximate surface area is 115 Å². The highest BCUT2D eigenvalue weighted by atomic mass is 16.5. The standard InChI is InChI=1S/C17H23NO/c1-11-4-7-17(19-3)16(8-11)18-12(2)15-10-13-5-6-14(15)9-13/h4-8,12-15,18H,9-10H2,1-3H3. The van der Waals surface area contributed by atoms with Crippen LogP contribution in [-0.4, -0.2) is 13.2 Å². The lowest BCUT2D eigenvalue weighted by atomic mass is 9.87. The van der Waals surface area contributed by atoms with E-state index in [-0.39, 0.29) is 0 Å². The number of allylic oxidation sites excluding steroid dienone is 2. The van der Waals surface area contributed by atoms with Gasteiger partial charge in [0, 0.05) is 6.04 Å². The first-order valence-electron chi connectivity index (χ1n) is 7.27. The molecule has 2 bridgehead atoms. The number of hydrogen-bond donors (Lipinski definition) is 1. The Morgan fingerprint density at radius 1 is 1.26 bits per heavy atom. The molecular formula is C17H23NO. The minimum absolute atomic E-state index is 0.496. The van der Waals surface area contributed by atoms with E-state index in [0.717, 1.165) is 29.2 Å². The van der Waals surface area contributed by atoms with Gasteiger partial charge in [-0.25, -0.2) is 0 Å². The van der Waals surface area contributed by atoms with Crippen LogP contribution in [0.4, 0.5) is 5.69 Å². The molecule has 0 radical (unpaired) electrons. The number of rotatable bonds is 4. The van der Waals surface area contributed by atoms with Crippen LogP contribution in [0.15, 0.2) is 30.4 Å². The van der Waals surface area contributed by atoms with E-state index in [1.54, 1.807) is 7.11 Å². The van der Waals surface area contributed by atoms with Crippen LogP contribution in [-0.2, 0) is 0 Å². The smallest absolute Gasteiger partial charge is 0.141 e. The average Bonchev–Trinajstić information content (AvgIpc) is 3.01. The molecule has 1 aromatic carbocycles. The van der Waals surface area contributed by atoms with Crippen LogP contribution in [0.5, 0.6) is 5.75 Å². The molecule has 0 saturated heterocycles. The number of benzene rings is 1. The zero-order valence-corrected chi connectivity index (χ0v) is 12.0. The first kappa shape index (κ1) is 12.6. The van der Waals surface area contributed by atoms with Gasteiger partial charge in [0.2, 0.25) is 0 Å². The summed E-state index contributed by atoms with van der Waals surface area (Å²) in [6, 6.07) is 6.81. The van der Waals surface area contributed by atoms with Crippen molar-refractivity contribution in [2.24, 2.45) is 17.8 Å². The summed E-state index contributed by atoms with van der Waals surface area (Å²) in [7, 11) is 1.74. The largest absolute Gasteiger partial charge is 0.495 e. The van der Waals surface area contributed by atoms with Crippen LogP contribution in [0.25, 0.3) is 0 Å². The van der Waals surface area contributed by atoms with Crippen molar-refractivity contribution in [3.63, 3.8) is 0 Å². The lowest BCUT2D eigenvalue weighted by Crippen LogP contribution is -2.29. The quantitative estimate of drug-likeness (QED) is 0.823. The molecule has 0 aliphatic heterocycles. The molecule has 1 aromatic rings. The van der Waals surface area contributed by atoms with Crippen molar-refractivity contribution in [2.75, 3.05) is 12.4 Å². The van der Waals surface area contributed by atoms with Crippen molar-refractivity contribution in [3.8, 4) is 5.75 Å². The molecule has 0 spiro atoms. The molecule has 1 N–H and O–H groups in total. The lowest BCUT2D eigenvalue weighted by Gasteiger charge is -2.27. The maximum Gasteiger partial charge on any atom is 0.141 e. The summed E-state index contributed by atoms with van der Waals surface area (Å²) in [6.45, 7) is 4.43. The summed E-state index contributed by atoms with van der Waals surface area (Å²) in [5, 5.41) is 3.67. The Bertz CT molecular complexity index is 494. The molecule has 102 valence electrons. The summed E-state index contributed by atoms with van der Waals surface area (Å²) in [5.41, 5.74) is 2.39. The molecule has 3 rings (SSSR count). The topological polar surface area (TPSA) is 21.3 Å². The predicted molar refractivity (Wildman–Crippen MR) is 79.7 cm³/mol. The van der Waals surface area contributed by atoms with Gasteiger partial charge in [0.15, 0.2) is 0 Å². The van der Waals surface area contributed by atoms with Gasteiger partial charge in [-0.3, -0.25) is 0 Å². The first-order chi connectivity index (χ1) is 9.17. The zero-order chi connectivity index (χ0) is 13.4. The summed E-state index contributed by atoms with van der Waals surface area (Å²) in [6.07, 6.45) is 7.52. The number of ether oxygens (including phenoxy) is 1. The maximum absolute atomic E-state index is 5.45. The number of fused-ring (bicyclic) bond motifs is 2. The molecule has 0 amide bonds. The zero-order valence-electron chi connectivity index (χ0n) is 12.0. The second-order valence-electron chi connectivity index (χ2n) is 6.08. The number of nitrogens with one attached hydrogen (secondary N) is 1. The number of methoxy groups -OCH3 is 1. The van der Waals surface area contributed by atoms with Crippen LogP contribution in [0.3, 0.4) is 0 Å². The van der Waals surface area contributed by atoms with Crippen molar-refractivity contribution in [1.82, 2.24) is 0 Å². The van der Waals surface area contributed by atoms with Crippen molar-refractivity contribution in [1.29, 1.82) is 0 Å². The van der Waals surface area contributed by atoms with Gasteiger partial charge in [0.05, 0.1) is 12.8 Å². The Balaban J connectivity index is 1.74.